The monoisotopic (exact) mass is 500 g/mol. The second-order valence-corrected chi connectivity index (χ2v) is 9.57. The van der Waals surface area contributed by atoms with Gasteiger partial charge in [0, 0.05) is 18.3 Å². The average Bonchev–Trinajstić information content (AvgIpc) is 2.77. The second-order valence-electron chi connectivity index (χ2n) is 9.21. The predicted octanol–water partition coefficient (Wildman–Crippen LogP) is 5.58. The smallest absolute Gasteiger partial charge is 0.343 e. The van der Waals surface area contributed by atoms with Crippen LogP contribution in [0.25, 0.3) is 11.4 Å². The summed E-state index contributed by atoms with van der Waals surface area (Å²) in [6.07, 6.45) is 2.26. The maximum Gasteiger partial charge on any atom is 0.343 e. The Hall–Kier alpha value is -2.77. The minimum absolute atomic E-state index is 0. The SMILES string of the molecule is CCOC(=O)c1cn2c(cc1=O)-c1nc(Cl)c(OCc3ccccc3)cc1C[C@H]2C(C)(C)C.S. The number of hydrogen-bond acceptors (Lipinski definition) is 5. The van der Waals surface area contributed by atoms with Crippen LogP contribution in [0.5, 0.6) is 5.75 Å². The van der Waals surface area contributed by atoms with E-state index in [1.165, 1.54) is 6.07 Å². The molecule has 1 aliphatic rings. The van der Waals surface area contributed by atoms with Gasteiger partial charge in [-0.15, -0.1) is 0 Å². The van der Waals surface area contributed by atoms with Gasteiger partial charge in [0.25, 0.3) is 0 Å². The van der Waals surface area contributed by atoms with Crippen molar-refractivity contribution in [3.63, 3.8) is 0 Å². The van der Waals surface area contributed by atoms with Crippen molar-refractivity contribution in [2.75, 3.05) is 6.61 Å². The molecule has 0 bridgehead atoms. The van der Waals surface area contributed by atoms with E-state index in [-0.39, 0.29) is 42.3 Å². The number of pyridine rings is 2. The van der Waals surface area contributed by atoms with E-state index >= 15 is 0 Å². The molecule has 4 rings (SSSR count). The molecule has 8 heteroatoms. The molecule has 1 atom stereocenters. The van der Waals surface area contributed by atoms with Crippen LogP contribution >= 0.6 is 25.1 Å². The van der Waals surface area contributed by atoms with Crippen molar-refractivity contribution in [3.8, 4) is 17.1 Å². The van der Waals surface area contributed by atoms with Gasteiger partial charge in [0.1, 0.15) is 12.2 Å². The molecule has 0 spiro atoms. The summed E-state index contributed by atoms with van der Waals surface area (Å²) < 4.78 is 13.0. The molecule has 1 aromatic carbocycles. The number of esters is 1. The number of benzene rings is 1. The van der Waals surface area contributed by atoms with E-state index in [0.29, 0.717) is 30.2 Å². The van der Waals surface area contributed by atoms with Gasteiger partial charge >= 0.3 is 5.97 Å². The summed E-state index contributed by atoms with van der Waals surface area (Å²) in [7, 11) is 0. The third-order valence-electron chi connectivity index (χ3n) is 5.83. The van der Waals surface area contributed by atoms with Gasteiger partial charge in [-0.05, 0) is 36.0 Å². The first-order chi connectivity index (χ1) is 15.7. The summed E-state index contributed by atoms with van der Waals surface area (Å²) >= 11 is 6.49. The van der Waals surface area contributed by atoms with Gasteiger partial charge in [-0.2, -0.15) is 13.5 Å². The van der Waals surface area contributed by atoms with Gasteiger partial charge in [-0.1, -0.05) is 62.7 Å². The molecule has 0 radical (unpaired) electrons. The molecule has 2 aromatic heterocycles. The van der Waals surface area contributed by atoms with E-state index < -0.39 is 11.4 Å². The zero-order valence-electron chi connectivity index (χ0n) is 19.7. The molecule has 0 fully saturated rings. The molecular formula is C26H29ClN2O4S. The number of rotatable bonds is 5. The Morgan fingerprint density at radius 1 is 1.21 bits per heavy atom. The van der Waals surface area contributed by atoms with Crippen LogP contribution in [0, 0.1) is 5.41 Å². The first-order valence-electron chi connectivity index (χ1n) is 11.0. The highest BCUT2D eigenvalue weighted by molar-refractivity contribution is 7.59. The first-order valence-corrected chi connectivity index (χ1v) is 11.4. The van der Waals surface area contributed by atoms with E-state index in [0.717, 1.165) is 11.1 Å². The van der Waals surface area contributed by atoms with E-state index in [9.17, 15) is 9.59 Å². The Kier molecular flexibility index (Phi) is 7.78. The largest absolute Gasteiger partial charge is 0.486 e. The molecule has 3 aromatic rings. The van der Waals surface area contributed by atoms with E-state index in [1.54, 1.807) is 13.1 Å². The Balaban J connectivity index is 0.00000324. The number of fused-ring (bicyclic) bond motifs is 3. The fourth-order valence-electron chi connectivity index (χ4n) is 4.11. The molecule has 6 nitrogen and oxygen atoms in total. The third-order valence-corrected chi connectivity index (χ3v) is 6.10. The summed E-state index contributed by atoms with van der Waals surface area (Å²) in [6, 6.07) is 13.2. The third kappa shape index (κ3) is 5.15. The lowest BCUT2D eigenvalue weighted by molar-refractivity contribution is 0.0523. The highest BCUT2D eigenvalue weighted by Crippen LogP contribution is 2.43. The van der Waals surface area contributed by atoms with Gasteiger partial charge in [-0.3, -0.25) is 4.79 Å². The predicted molar refractivity (Wildman–Crippen MR) is 138 cm³/mol. The van der Waals surface area contributed by atoms with Crippen LogP contribution in [0.15, 0.2) is 53.5 Å². The van der Waals surface area contributed by atoms with Crippen LogP contribution in [0.1, 0.15) is 55.2 Å². The van der Waals surface area contributed by atoms with Crippen LogP contribution in [-0.2, 0) is 17.8 Å². The lowest BCUT2D eigenvalue weighted by Gasteiger charge is -2.38. The van der Waals surface area contributed by atoms with Crippen molar-refractivity contribution in [2.24, 2.45) is 5.41 Å². The standard InChI is InChI=1S/C26H27ClN2O4.H2S/c1-5-32-25(31)18-14-29-19(13-20(18)30)23-17(12-22(29)26(2,3)4)11-21(24(27)28-23)33-15-16-9-7-6-8-10-16;/h6-11,13-14,22H,5,12,15H2,1-4H3;1H2/t22-;/m0./s1. The normalized spacial score (nSPS) is 14.4. The Labute approximate surface area is 211 Å². The molecule has 3 heterocycles. The highest BCUT2D eigenvalue weighted by atomic mass is 35.5. The summed E-state index contributed by atoms with van der Waals surface area (Å²) in [5, 5.41) is 0.229. The van der Waals surface area contributed by atoms with Crippen molar-refractivity contribution >= 4 is 31.1 Å². The molecule has 0 amide bonds. The molecular weight excluding hydrogens is 472 g/mol. The van der Waals surface area contributed by atoms with Crippen LogP contribution < -0.4 is 10.2 Å². The van der Waals surface area contributed by atoms with Gasteiger partial charge in [0.05, 0.1) is 18.0 Å². The maximum absolute atomic E-state index is 12.8. The summed E-state index contributed by atoms with van der Waals surface area (Å²) in [6.45, 7) is 8.68. The Morgan fingerprint density at radius 2 is 1.91 bits per heavy atom. The van der Waals surface area contributed by atoms with Crippen LogP contribution in [0.4, 0.5) is 0 Å². The first kappa shape index (κ1) is 25.8. The van der Waals surface area contributed by atoms with Gasteiger partial charge in [0.15, 0.2) is 16.3 Å². The fourth-order valence-corrected chi connectivity index (χ4v) is 4.31. The number of carbonyl (C=O) groups is 1. The summed E-state index contributed by atoms with van der Waals surface area (Å²) in [4.78, 5) is 29.7. The van der Waals surface area contributed by atoms with E-state index in [2.05, 4.69) is 25.8 Å². The van der Waals surface area contributed by atoms with Gasteiger partial charge in [-0.25, -0.2) is 9.78 Å². The maximum atomic E-state index is 12.8. The van der Waals surface area contributed by atoms with Crippen LogP contribution in [0.2, 0.25) is 5.15 Å². The number of carbonyl (C=O) groups excluding carboxylic acids is 1. The lowest BCUT2D eigenvalue weighted by atomic mass is 9.80. The minimum Gasteiger partial charge on any atom is -0.486 e. The van der Waals surface area contributed by atoms with Crippen LogP contribution in [0.3, 0.4) is 0 Å². The van der Waals surface area contributed by atoms with Crippen molar-refractivity contribution in [1.82, 2.24) is 9.55 Å². The molecule has 0 saturated heterocycles. The zero-order chi connectivity index (χ0) is 23.8. The van der Waals surface area contributed by atoms with Crippen molar-refractivity contribution in [3.05, 3.63) is 80.7 Å². The molecule has 0 saturated carbocycles. The average molecular weight is 501 g/mol. The van der Waals surface area contributed by atoms with Crippen molar-refractivity contribution in [1.29, 1.82) is 0 Å². The van der Waals surface area contributed by atoms with Crippen molar-refractivity contribution < 1.29 is 14.3 Å². The number of ether oxygens (including phenoxy) is 2. The molecule has 0 unspecified atom stereocenters. The summed E-state index contributed by atoms with van der Waals surface area (Å²) in [5.74, 6) is -0.113. The number of halogens is 1. The minimum atomic E-state index is -0.619. The molecule has 1 aliphatic heterocycles. The quantitative estimate of drug-likeness (QED) is 0.338. The lowest BCUT2D eigenvalue weighted by Crippen LogP contribution is -2.33. The van der Waals surface area contributed by atoms with E-state index in [4.69, 9.17) is 21.1 Å². The van der Waals surface area contributed by atoms with Gasteiger partial charge < -0.3 is 14.0 Å². The van der Waals surface area contributed by atoms with Gasteiger partial charge in [0.2, 0.25) is 0 Å². The molecule has 0 N–H and O–H groups in total. The fraction of sp³-hybridized carbons (Fsp3) is 0.346. The van der Waals surface area contributed by atoms with Crippen molar-refractivity contribution in [2.45, 2.75) is 46.8 Å². The topological polar surface area (TPSA) is 70.4 Å². The summed E-state index contributed by atoms with van der Waals surface area (Å²) in [5.41, 5.74) is 2.70. The highest BCUT2D eigenvalue weighted by Gasteiger charge is 2.35. The van der Waals surface area contributed by atoms with E-state index in [1.807, 2.05) is 41.0 Å². The van der Waals surface area contributed by atoms with Crippen LogP contribution in [-0.4, -0.2) is 22.1 Å². The molecule has 0 aliphatic carbocycles. The Bertz CT molecular complexity index is 1250. The Morgan fingerprint density at radius 3 is 2.56 bits per heavy atom. The molecule has 34 heavy (non-hydrogen) atoms. The number of aromatic nitrogens is 2. The molecule has 180 valence electrons. The zero-order valence-corrected chi connectivity index (χ0v) is 21.5. The number of hydrogen-bond donors (Lipinski definition) is 0. The number of nitrogens with zero attached hydrogens (tertiary/aromatic N) is 2. The second kappa shape index (κ2) is 10.2.